The highest BCUT2D eigenvalue weighted by molar-refractivity contribution is 6.15. The molecule has 27 rings (SSSR count). The topological polar surface area (TPSA) is 113 Å². The number of nitrogens with zero attached hydrogens (tertiary/aromatic N) is 8. The third-order valence-corrected chi connectivity index (χ3v) is 27.8. The van der Waals surface area contributed by atoms with E-state index in [0.29, 0.717) is 34.9 Å². The second-order valence-electron chi connectivity index (χ2n) is 36.4. The lowest BCUT2D eigenvalue weighted by Gasteiger charge is -2.13. The smallest absolute Gasteiger partial charge is 0.164 e. The van der Waals surface area contributed by atoms with E-state index >= 15 is 0 Å². The van der Waals surface area contributed by atoms with Crippen LogP contribution in [0.4, 0.5) is 0 Å². The van der Waals surface area contributed by atoms with E-state index in [9.17, 15) is 0 Å². The van der Waals surface area contributed by atoms with Gasteiger partial charge in [0.1, 0.15) is 22.3 Å². The summed E-state index contributed by atoms with van der Waals surface area (Å²) in [7, 11) is 0. The fourth-order valence-electron chi connectivity index (χ4n) is 20.8. The SMILES string of the molecule is c1ccc(-c2nc(-c3ccccc3)nc(-c3cccc(-c4ccc(-c5cc(-c6cccc(-n7c8ccccc8c8cc(-c9cccc(-c%10cccc(-c%11cccc(-c%12ccc%13c(c%12)c%12ccccc%12n%13-c%12cccc(-c%13cc(-c%14ccc(-c%15cccc(-c%16nc(-c%17ccccc%17)nc(-c%17ccccc%17)n%16)c%15)cc%14)c%14oc%15ccccc%15c%14c%13)c%12)c%11)c%10)c9)ccc87)c6)cc6c5oc5ccccc56)cc4)c3)n2)cc1. The average Bonchev–Trinajstić information content (AvgIpc) is 1.51. The van der Waals surface area contributed by atoms with Gasteiger partial charge < -0.3 is 18.0 Å². The van der Waals surface area contributed by atoms with Crippen molar-refractivity contribution in [3.8, 4) is 191 Å². The van der Waals surface area contributed by atoms with Gasteiger partial charge in [-0.25, -0.2) is 29.9 Å². The fourth-order valence-corrected chi connectivity index (χ4v) is 20.8. The number of furan rings is 2. The van der Waals surface area contributed by atoms with Crippen molar-refractivity contribution in [3.63, 3.8) is 0 Å². The Labute approximate surface area is 818 Å². The lowest BCUT2D eigenvalue weighted by atomic mass is 9.94. The normalized spacial score (nSPS) is 11.7. The van der Waals surface area contributed by atoms with Gasteiger partial charge in [-0.05, 0) is 228 Å². The Balaban J connectivity index is 0.463. The second kappa shape index (κ2) is 34.6. The van der Waals surface area contributed by atoms with Crippen LogP contribution in [0.15, 0.2) is 506 Å². The predicted octanol–water partition coefficient (Wildman–Crippen LogP) is 34.7. The molecule has 0 saturated heterocycles. The molecule has 0 aliphatic rings. The molecule has 0 amide bonds. The monoisotopic (exact) mass is 1810 g/mol. The summed E-state index contributed by atoms with van der Waals surface area (Å²) in [4.78, 5) is 30.1. The molecule has 0 saturated carbocycles. The van der Waals surface area contributed by atoms with Crippen LogP contribution in [0.5, 0.6) is 0 Å². The average molecular weight is 1810 g/mol. The van der Waals surface area contributed by atoms with Gasteiger partial charge in [-0.2, -0.15) is 0 Å². The highest BCUT2D eigenvalue weighted by Gasteiger charge is 2.25. The quantitative estimate of drug-likeness (QED) is 0.0835. The van der Waals surface area contributed by atoms with Crippen molar-refractivity contribution in [3.05, 3.63) is 497 Å². The van der Waals surface area contributed by atoms with Crippen LogP contribution >= 0.6 is 0 Å². The van der Waals surface area contributed by atoms with Crippen LogP contribution in [0.3, 0.4) is 0 Å². The molecule has 21 aromatic carbocycles. The van der Waals surface area contributed by atoms with Gasteiger partial charge in [0, 0.05) is 99.0 Å². The van der Waals surface area contributed by atoms with Crippen LogP contribution in [0.25, 0.3) is 278 Å². The molecule has 6 aromatic heterocycles. The van der Waals surface area contributed by atoms with Gasteiger partial charge in [-0.3, -0.25) is 0 Å². The van der Waals surface area contributed by atoms with Gasteiger partial charge in [-0.1, -0.05) is 370 Å². The molecule has 0 bridgehead atoms. The summed E-state index contributed by atoms with van der Waals surface area (Å²) in [6.07, 6.45) is 0. The molecule has 0 radical (unpaired) electrons. The number of benzene rings is 21. The summed E-state index contributed by atoms with van der Waals surface area (Å²) in [5.41, 5.74) is 37.5. The van der Waals surface area contributed by atoms with Crippen molar-refractivity contribution in [2.24, 2.45) is 0 Å². The van der Waals surface area contributed by atoms with Crippen LogP contribution in [0.2, 0.25) is 0 Å². The molecule has 0 N–H and O–H groups in total. The van der Waals surface area contributed by atoms with Crippen LogP contribution < -0.4 is 0 Å². The molecule has 662 valence electrons. The molecule has 0 aliphatic carbocycles. The maximum atomic E-state index is 6.83. The Kier molecular flexibility index (Phi) is 20.0. The minimum absolute atomic E-state index is 0.611. The maximum Gasteiger partial charge on any atom is 0.164 e. The van der Waals surface area contributed by atoms with Crippen LogP contribution in [-0.2, 0) is 0 Å². The lowest BCUT2D eigenvalue weighted by Crippen LogP contribution is -2.00. The first kappa shape index (κ1) is 82.3. The summed E-state index contributed by atoms with van der Waals surface area (Å²) in [5.74, 6) is 3.73. The zero-order chi connectivity index (χ0) is 93.7. The maximum absolute atomic E-state index is 6.83. The van der Waals surface area contributed by atoms with Crippen LogP contribution in [0.1, 0.15) is 0 Å². The number of hydrogen-bond donors (Lipinski definition) is 0. The zero-order valence-electron chi connectivity index (χ0n) is 76.7. The van der Waals surface area contributed by atoms with Crippen molar-refractivity contribution >= 4 is 87.5 Å². The number of hydrogen-bond acceptors (Lipinski definition) is 8. The zero-order valence-corrected chi connectivity index (χ0v) is 76.7. The Hall–Kier alpha value is -19.2. The molecule has 27 aromatic rings. The third kappa shape index (κ3) is 14.9. The van der Waals surface area contributed by atoms with E-state index in [0.717, 1.165) is 222 Å². The van der Waals surface area contributed by atoms with E-state index < -0.39 is 0 Å². The number of rotatable bonds is 18. The third-order valence-electron chi connectivity index (χ3n) is 27.8. The highest BCUT2D eigenvalue weighted by atomic mass is 16.3. The van der Waals surface area contributed by atoms with Crippen molar-refractivity contribution in [2.75, 3.05) is 0 Å². The van der Waals surface area contributed by atoms with Gasteiger partial charge in [0.05, 0.1) is 22.1 Å². The number of aromatic nitrogens is 8. The van der Waals surface area contributed by atoms with E-state index in [1.54, 1.807) is 0 Å². The molecule has 0 atom stereocenters. The lowest BCUT2D eigenvalue weighted by molar-refractivity contribution is 0.669. The Bertz CT molecular complexity index is 8990. The van der Waals surface area contributed by atoms with Gasteiger partial charge in [0.2, 0.25) is 0 Å². The van der Waals surface area contributed by atoms with E-state index in [2.05, 4.69) is 373 Å². The van der Waals surface area contributed by atoms with Crippen LogP contribution in [-0.4, -0.2) is 39.0 Å². The van der Waals surface area contributed by atoms with Crippen molar-refractivity contribution in [2.45, 2.75) is 0 Å². The second-order valence-corrected chi connectivity index (χ2v) is 36.4. The van der Waals surface area contributed by atoms with Crippen molar-refractivity contribution < 1.29 is 8.83 Å². The first-order chi connectivity index (χ1) is 70.3. The predicted molar refractivity (Wildman–Crippen MR) is 583 cm³/mol. The summed E-state index contributed by atoms with van der Waals surface area (Å²) in [6, 6.07) is 177. The Morgan fingerprint density at radius 1 is 0.134 bits per heavy atom. The minimum Gasteiger partial charge on any atom is -0.455 e. The molecule has 0 fully saturated rings. The standard InChI is InChI=1S/C132H82N8O2/c1-5-28-87(29-6-1)127-133-128(88-30-7-2-8-31-88)136-131(135-127)103-46-24-36-91(73-103)83-58-62-85(63-59-83)113-79-105(81-117-111-52-15-19-56-123(111)141-125(113)117)99-44-26-48-107(75-99)139-119-54-17-13-50-109(119)115-77-101(66-68-121(115)139)97-42-22-40-95(71-97)93-38-21-39-94(70-93)96-41-23-43-98(72-96)102-67-69-122-116(78-102)110-51-14-18-55-120(110)140(122)108-49-27-45-100(76-108)106-80-114(126-118(82-106)112-53-16-20-57-124(112)142-126)86-64-60-84(61-65-86)92-37-25-47-104(74-92)132-137-129(89-32-9-3-10-33-89)134-130(138-132)90-34-11-4-12-35-90/h1-82H. The molecule has 0 spiro atoms. The summed E-state index contributed by atoms with van der Waals surface area (Å²) in [5, 5.41) is 9.02. The Morgan fingerprint density at radius 2 is 0.366 bits per heavy atom. The highest BCUT2D eigenvalue weighted by Crippen LogP contribution is 2.47. The minimum atomic E-state index is 0.611. The first-order valence-corrected chi connectivity index (χ1v) is 48.0. The molecular weight excluding hydrogens is 1730 g/mol. The number of para-hydroxylation sites is 4. The Morgan fingerprint density at radius 3 is 0.711 bits per heavy atom. The molecule has 142 heavy (non-hydrogen) atoms. The summed E-state index contributed by atoms with van der Waals surface area (Å²) >= 11 is 0. The van der Waals surface area contributed by atoms with E-state index in [1.165, 1.54) is 21.5 Å². The molecule has 10 heteroatoms. The van der Waals surface area contributed by atoms with Gasteiger partial charge >= 0.3 is 0 Å². The molecule has 0 aliphatic heterocycles. The summed E-state index contributed by atoms with van der Waals surface area (Å²) < 4.78 is 18.5. The van der Waals surface area contributed by atoms with Gasteiger partial charge in [0.25, 0.3) is 0 Å². The van der Waals surface area contributed by atoms with E-state index in [1.807, 2.05) is 133 Å². The van der Waals surface area contributed by atoms with E-state index in [-0.39, 0.29) is 0 Å². The summed E-state index contributed by atoms with van der Waals surface area (Å²) in [6.45, 7) is 0. The van der Waals surface area contributed by atoms with Crippen LogP contribution in [0, 0.1) is 0 Å². The number of fused-ring (bicyclic) bond motifs is 12. The molecule has 10 nitrogen and oxygen atoms in total. The first-order valence-electron chi connectivity index (χ1n) is 48.0. The molecular formula is C132H82N8O2. The van der Waals surface area contributed by atoms with Gasteiger partial charge in [-0.15, -0.1) is 0 Å². The molecule has 0 unspecified atom stereocenters. The van der Waals surface area contributed by atoms with Gasteiger partial charge in [0.15, 0.2) is 34.9 Å². The molecule has 6 heterocycles. The van der Waals surface area contributed by atoms with E-state index in [4.69, 9.17) is 38.7 Å². The largest absolute Gasteiger partial charge is 0.455 e. The van der Waals surface area contributed by atoms with Crippen molar-refractivity contribution in [1.82, 2.24) is 39.0 Å². The fraction of sp³-hybridized carbons (Fsp3) is 0. The van der Waals surface area contributed by atoms with Crippen molar-refractivity contribution in [1.29, 1.82) is 0 Å².